The fourth-order valence-electron chi connectivity index (χ4n) is 4.12. The molecule has 5 rings (SSSR count). The summed E-state index contributed by atoms with van der Waals surface area (Å²) in [5.74, 6) is -0.409. The topological polar surface area (TPSA) is 94.8 Å². The van der Waals surface area contributed by atoms with Crippen LogP contribution in [0.5, 0.6) is 0 Å². The molecular weight excluding hydrogens is 431 g/mol. The highest BCUT2D eigenvalue weighted by Crippen LogP contribution is 2.31. The standard InChI is InChI=1S/C23H19FN4O3S/c24-18-2-4-19(5-3-18)28-21-10-16(22(29)9-15-7-8-32(30,31)13-15)1-6-20(21)23(27-28)17-11-25-14-26-12-17/h1-6,10-12,14-15H,7-9,13H2. The van der Waals surface area contributed by atoms with Gasteiger partial charge in [0.05, 0.1) is 22.7 Å². The third kappa shape index (κ3) is 3.91. The Hall–Kier alpha value is -3.46. The van der Waals surface area contributed by atoms with Crippen LogP contribution in [0, 0.1) is 11.7 Å². The van der Waals surface area contributed by atoms with E-state index in [1.807, 2.05) is 6.07 Å². The second-order valence-corrected chi connectivity index (χ2v) is 10.2. The lowest BCUT2D eigenvalue weighted by Crippen LogP contribution is -2.11. The van der Waals surface area contributed by atoms with Crippen LogP contribution in [-0.2, 0) is 9.84 Å². The molecule has 0 aliphatic carbocycles. The van der Waals surface area contributed by atoms with Crippen LogP contribution >= 0.6 is 0 Å². The lowest BCUT2D eigenvalue weighted by atomic mass is 9.97. The predicted molar refractivity (Wildman–Crippen MR) is 118 cm³/mol. The number of fused-ring (bicyclic) bond motifs is 1. The Labute approximate surface area is 183 Å². The summed E-state index contributed by atoms with van der Waals surface area (Å²) in [7, 11) is -3.04. The molecule has 1 fully saturated rings. The van der Waals surface area contributed by atoms with Crippen molar-refractivity contribution in [1.82, 2.24) is 19.7 Å². The van der Waals surface area contributed by atoms with Crippen molar-refractivity contribution in [2.75, 3.05) is 11.5 Å². The minimum atomic E-state index is -3.04. The van der Waals surface area contributed by atoms with Crippen molar-refractivity contribution in [3.05, 3.63) is 72.6 Å². The minimum Gasteiger partial charge on any atom is -0.294 e. The normalized spacial score (nSPS) is 17.6. The molecule has 0 amide bonds. The summed E-state index contributed by atoms with van der Waals surface area (Å²) in [6.45, 7) is 0. The van der Waals surface area contributed by atoms with Crippen LogP contribution < -0.4 is 0 Å². The maximum absolute atomic E-state index is 13.5. The van der Waals surface area contributed by atoms with Crippen LogP contribution in [0.2, 0.25) is 0 Å². The highest BCUT2D eigenvalue weighted by Gasteiger charge is 2.29. The van der Waals surface area contributed by atoms with Gasteiger partial charge in [-0.15, -0.1) is 0 Å². The van der Waals surface area contributed by atoms with Gasteiger partial charge in [-0.1, -0.05) is 6.07 Å². The highest BCUT2D eigenvalue weighted by atomic mass is 32.2. The molecule has 2 aromatic carbocycles. The zero-order valence-electron chi connectivity index (χ0n) is 17.0. The lowest BCUT2D eigenvalue weighted by molar-refractivity contribution is 0.0966. The van der Waals surface area contributed by atoms with Crippen molar-refractivity contribution < 1.29 is 17.6 Å². The largest absolute Gasteiger partial charge is 0.294 e. The van der Waals surface area contributed by atoms with Crippen molar-refractivity contribution in [1.29, 1.82) is 0 Å². The fourth-order valence-corrected chi connectivity index (χ4v) is 5.98. The van der Waals surface area contributed by atoms with Crippen LogP contribution in [0.1, 0.15) is 23.2 Å². The van der Waals surface area contributed by atoms with Crippen LogP contribution in [0.3, 0.4) is 0 Å². The van der Waals surface area contributed by atoms with Crippen LogP contribution in [-0.4, -0.2) is 45.5 Å². The van der Waals surface area contributed by atoms with Crippen LogP contribution in [0.4, 0.5) is 4.39 Å². The molecule has 7 nitrogen and oxygen atoms in total. The van der Waals surface area contributed by atoms with Gasteiger partial charge in [0, 0.05) is 35.3 Å². The maximum atomic E-state index is 13.5. The summed E-state index contributed by atoms with van der Waals surface area (Å²) >= 11 is 0. The van der Waals surface area contributed by atoms with Crippen LogP contribution in [0.15, 0.2) is 61.2 Å². The third-order valence-corrected chi connectivity index (χ3v) is 7.55. The number of Topliss-reactive ketones (excluding diaryl/α,β-unsaturated/α-hetero) is 1. The number of ketones is 1. The third-order valence-electron chi connectivity index (χ3n) is 5.71. The van der Waals surface area contributed by atoms with Gasteiger partial charge in [-0.3, -0.25) is 4.79 Å². The summed E-state index contributed by atoms with van der Waals surface area (Å²) in [4.78, 5) is 21.1. The molecular formula is C23H19FN4O3S. The first kappa shape index (κ1) is 20.4. The van der Waals surface area contributed by atoms with Gasteiger partial charge in [-0.05, 0) is 48.7 Å². The Morgan fingerprint density at radius 3 is 2.53 bits per heavy atom. The van der Waals surface area contributed by atoms with Crippen molar-refractivity contribution >= 4 is 26.5 Å². The maximum Gasteiger partial charge on any atom is 0.163 e. The Balaban J connectivity index is 1.58. The molecule has 0 saturated carbocycles. The van der Waals surface area contributed by atoms with E-state index >= 15 is 0 Å². The molecule has 1 aliphatic rings. The van der Waals surface area contributed by atoms with E-state index in [4.69, 9.17) is 5.10 Å². The fraction of sp³-hybridized carbons (Fsp3) is 0.217. The van der Waals surface area contributed by atoms with E-state index in [9.17, 15) is 17.6 Å². The minimum absolute atomic E-state index is 0.0622. The highest BCUT2D eigenvalue weighted by molar-refractivity contribution is 7.91. The average molecular weight is 450 g/mol. The summed E-state index contributed by atoms with van der Waals surface area (Å²) in [6, 6.07) is 11.2. The number of nitrogens with zero attached hydrogens (tertiary/aromatic N) is 4. The number of benzene rings is 2. The molecule has 0 spiro atoms. The average Bonchev–Trinajstić information content (AvgIpc) is 3.34. The molecule has 1 atom stereocenters. The van der Waals surface area contributed by atoms with Crippen molar-refractivity contribution in [2.24, 2.45) is 5.92 Å². The Bertz CT molecular complexity index is 1420. The molecule has 4 aromatic rings. The summed E-state index contributed by atoms with van der Waals surface area (Å²) in [6.07, 6.45) is 5.45. The smallest absolute Gasteiger partial charge is 0.163 e. The first-order chi connectivity index (χ1) is 15.4. The quantitative estimate of drug-likeness (QED) is 0.431. The van der Waals surface area contributed by atoms with E-state index in [1.165, 1.54) is 18.5 Å². The first-order valence-electron chi connectivity index (χ1n) is 10.2. The number of carbonyl (C=O) groups excluding carboxylic acids is 1. The number of carbonyl (C=O) groups is 1. The monoisotopic (exact) mass is 450 g/mol. The van der Waals surface area contributed by atoms with E-state index in [0.29, 0.717) is 34.4 Å². The van der Waals surface area contributed by atoms with Gasteiger partial charge in [-0.2, -0.15) is 5.10 Å². The molecule has 32 heavy (non-hydrogen) atoms. The summed E-state index contributed by atoms with van der Waals surface area (Å²) < 4.78 is 38.6. The Morgan fingerprint density at radius 2 is 1.84 bits per heavy atom. The van der Waals surface area contributed by atoms with Gasteiger partial charge in [0.2, 0.25) is 0 Å². The molecule has 1 aliphatic heterocycles. The van der Waals surface area contributed by atoms with E-state index in [0.717, 1.165) is 5.39 Å². The van der Waals surface area contributed by atoms with E-state index < -0.39 is 9.84 Å². The number of hydrogen-bond acceptors (Lipinski definition) is 6. The van der Waals surface area contributed by atoms with E-state index in [1.54, 1.807) is 41.3 Å². The van der Waals surface area contributed by atoms with E-state index in [2.05, 4.69) is 9.97 Å². The van der Waals surface area contributed by atoms with Gasteiger partial charge in [0.25, 0.3) is 0 Å². The molecule has 3 heterocycles. The lowest BCUT2D eigenvalue weighted by Gasteiger charge is -2.08. The van der Waals surface area contributed by atoms with Gasteiger partial charge in [0.1, 0.15) is 17.8 Å². The molecule has 9 heteroatoms. The van der Waals surface area contributed by atoms with Crippen molar-refractivity contribution in [2.45, 2.75) is 12.8 Å². The van der Waals surface area contributed by atoms with Crippen LogP contribution in [0.25, 0.3) is 27.8 Å². The van der Waals surface area contributed by atoms with Crippen molar-refractivity contribution in [3.8, 4) is 16.9 Å². The molecule has 2 aromatic heterocycles. The van der Waals surface area contributed by atoms with Gasteiger partial charge in [-0.25, -0.2) is 27.5 Å². The second-order valence-electron chi connectivity index (χ2n) is 7.99. The predicted octanol–water partition coefficient (Wildman–Crippen LogP) is 3.63. The number of aromatic nitrogens is 4. The molecule has 1 saturated heterocycles. The Kier molecular flexibility index (Phi) is 5.05. The molecule has 1 unspecified atom stereocenters. The zero-order valence-corrected chi connectivity index (χ0v) is 17.8. The SMILES string of the molecule is O=C(CC1CCS(=O)(=O)C1)c1ccc2c(-c3cncnc3)nn(-c3ccc(F)cc3)c2c1. The first-order valence-corrected chi connectivity index (χ1v) is 12.0. The second kappa shape index (κ2) is 7.90. The number of hydrogen-bond donors (Lipinski definition) is 0. The van der Waals surface area contributed by atoms with Gasteiger partial charge < -0.3 is 0 Å². The summed E-state index contributed by atoms with van der Waals surface area (Å²) in [5, 5.41) is 5.50. The van der Waals surface area contributed by atoms with Gasteiger partial charge in [0.15, 0.2) is 15.6 Å². The Morgan fingerprint density at radius 1 is 1.09 bits per heavy atom. The molecule has 0 N–H and O–H groups in total. The van der Waals surface area contributed by atoms with Gasteiger partial charge >= 0.3 is 0 Å². The number of rotatable bonds is 5. The zero-order chi connectivity index (χ0) is 22.3. The molecule has 0 radical (unpaired) electrons. The van der Waals surface area contributed by atoms with E-state index in [-0.39, 0.29) is 35.4 Å². The summed E-state index contributed by atoms with van der Waals surface area (Å²) in [5.41, 5.74) is 3.17. The number of halogens is 1. The number of sulfone groups is 1. The molecule has 162 valence electrons. The molecule has 0 bridgehead atoms. The van der Waals surface area contributed by atoms with Crippen molar-refractivity contribution in [3.63, 3.8) is 0 Å².